The normalized spacial score (nSPS) is 18.2. The van der Waals surface area contributed by atoms with Gasteiger partial charge in [0.25, 0.3) is 5.91 Å². The number of carbonyl (C=O) groups is 1. The van der Waals surface area contributed by atoms with E-state index in [1.165, 1.54) is 5.56 Å². The summed E-state index contributed by atoms with van der Waals surface area (Å²) in [5.41, 5.74) is 2.10. The fourth-order valence-electron chi connectivity index (χ4n) is 4.16. The van der Waals surface area contributed by atoms with Gasteiger partial charge in [-0.05, 0) is 48.4 Å². The van der Waals surface area contributed by atoms with Crippen LogP contribution in [0.1, 0.15) is 33.6 Å². The number of benzene rings is 1. The summed E-state index contributed by atoms with van der Waals surface area (Å²) in [5.74, 6) is 1.31. The number of fused-ring (bicyclic) bond motifs is 1. The van der Waals surface area contributed by atoms with E-state index in [2.05, 4.69) is 16.3 Å². The molecule has 144 valence electrons. The lowest BCUT2D eigenvalue weighted by atomic mass is 9.99. The molecule has 4 rings (SSSR count). The number of ether oxygens (including phenoxy) is 2. The number of likely N-dealkylation sites (tertiary alicyclic amines) is 1. The zero-order valence-electron chi connectivity index (χ0n) is 15.9. The van der Waals surface area contributed by atoms with Crippen LogP contribution in [0.5, 0.6) is 11.5 Å². The van der Waals surface area contributed by atoms with E-state index in [0.717, 1.165) is 45.4 Å². The minimum absolute atomic E-state index is 0.0479. The molecule has 1 saturated heterocycles. The number of methoxy groups -OCH3 is 2. The van der Waals surface area contributed by atoms with Gasteiger partial charge in [0.15, 0.2) is 0 Å². The van der Waals surface area contributed by atoms with Crippen LogP contribution in [0.25, 0.3) is 0 Å². The van der Waals surface area contributed by atoms with Crippen LogP contribution >= 0.6 is 11.3 Å². The molecule has 0 bridgehead atoms. The van der Waals surface area contributed by atoms with Gasteiger partial charge >= 0.3 is 0 Å². The van der Waals surface area contributed by atoms with E-state index in [4.69, 9.17) is 9.47 Å². The van der Waals surface area contributed by atoms with Crippen molar-refractivity contribution in [3.8, 4) is 11.5 Å². The highest BCUT2D eigenvalue weighted by Crippen LogP contribution is 2.30. The molecular formula is C21H26N2O3S. The SMILES string of the molecule is COc1ccc(C(=O)N2CCC(N3CCc4sccc4C3)CC2)c(OC)c1. The van der Waals surface area contributed by atoms with Crippen LogP contribution in [-0.4, -0.2) is 55.6 Å². The van der Waals surface area contributed by atoms with Crippen LogP contribution < -0.4 is 9.47 Å². The van der Waals surface area contributed by atoms with Gasteiger partial charge in [0.2, 0.25) is 0 Å². The molecule has 0 unspecified atom stereocenters. The number of piperidine rings is 1. The summed E-state index contributed by atoms with van der Waals surface area (Å²) in [6.07, 6.45) is 3.22. The lowest BCUT2D eigenvalue weighted by Crippen LogP contribution is -2.48. The van der Waals surface area contributed by atoms with Gasteiger partial charge < -0.3 is 14.4 Å². The summed E-state index contributed by atoms with van der Waals surface area (Å²) < 4.78 is 10.6. The molecule has 3 heterocycles. The Balaban J connectivity index is 1.39. The molecule has 2 aliphatic rings. The second-order valence-corrected chi connectivity index (χ2v) is 8.18. The second-order valence-electron chi connectivity index (χ2n) is 7.18. The van der Waals surface area contributed by atoms with Crippen molar-refractivity contribution >= 4 is 17.2 Å². The Morgan fingerprint density at radius 3 is 2.67 bits per heavy atom. The largest absolute Gasteiger partial charge is 0.497 e. The molecule has 1 aromatic carbocycles. The molecule has 2 aliphatic heterocycles. The van der Waals surface area contributed by atoms with Gasteiger partial charge in [-0.3, -0.25) is 9.69 Å². The van der Waals surface area contributed by atoms with Crippen molar-refractivity contribution in [3.63, 3.8) is 0 Å². The highest BCUT2D eigenvalue weighted by molar-refractivity contribution is 7.10. The standard InChI is InChI=1S/C21H26N2O3S/c1-25-17-3-4-18(19(13-17)26-2)21(24)22-9-5-16(6-10-22)23-11-7-20-15(14-23)8-12-27-20/h3-4,8,12-13,16H,5-7,9-11,14H2,1-2H3. The Kier molecular flexibility index (Phi) is 5.36. The van der Waals surface area contributed by atoms with Gasteiger partial charge in [0.1, 0.15) is 11.5 Å². The zero-order valence-corrected chi connectivity index (χ0v) is 16.8. The van der Waals surface area contributed by atoms with Crippen molar-refractivity contribution in [3.05, 3.63) is 45.6 Å². The quantitative estimate of drug-likeness (QED) is 0.807. The van der Waals surface area contributed by atoms with Gasteiger partial charge in [-0.15, -0.1) is 11.3 Å². The van der Waals surface area contributed by atoms with E-state index in [1.807, 2.05) is 22.3 Å². The van der Waals surface area contributed by atoms with Gasteiger partial charge in [0.05, 0.1) is 19.8 Å². The van der Waals surface area contributed by atoms with Crippen molar-refractivity contribution in [1.82, 2.24) is 9.80 Å². The monoisotopic (exact) mass is 386 g/mol. The van der Waals surface area contributed by atoms with Crippen molar-refractivity contribution in [1.29, 1.82) is 0 Å². The Labute approximate surface area is 164 Å². The average Bonchev–Trinajstić information content (AvgIpc) is 3.20. The molecule has 1 amide bonds. The van der Waals surface area contributed by atoms with Crippen LogP contribution in [0.2, 0.25) is 0 Å². The Morgan fingerprint density at radius 2 is 1.93 bits per heavy atom. The first-order chi connectivity index (χ1) is 13.2. The fraction of sp³-hybridized carbons (Fsp3) is 0.476. The van der Waals surface area contributed by atoms with Crippen molar-refractivity contribution < 1.29 is 14.3 Å². The smallest absolute Gasteiger partial charge is 0.257 e. The van der Waals surface area contributed by atoms with Crippen LogP contribution in [0.15, 0.2) is 29.6 Å². The summed E-state index contributed by atoms with van der Waals surface area (Å²) in [6, 6.07) is 8.22. The van der Waals surface area contributed by atoms with Crippen LogP contribution in [0.4, 0.5) is 0 Å². The number of amides is 1. The minimum Gasteiger partial charge on any atom is -0.497 e. The maximum Gasteiger partial charge on any atom is 0.257 e. The minimum atomic E-state index is 0.0479. The van der Waals surface area contributed by atoms with Gasteiger partial charge in [-0.25, -0.2) is 0 Å². The summed E-state index contributed by atoms with van der Waals surface area (Å²) in [5, 5.41) is 2.21. The van der Waals surface area contributed by atoms with E-state index < -0.39 is 0 Å². The average molecular weight is 387 g/mol. The number of rotatable bonds is 4. The molecule has 0 atom stereocenters. The first kappa shape index (κ1) is 18.3. The van der Waals surface area contributed by atoms with E-state index in [-0.39, 0.29) is 5.91 Å². The summed E-state index contributed by atoms with van der Waals surface area (Å²) in [7, 11) is 3.20. The van der Waals surface area contributed by atoms with Gasteiger partial charge in [0, 0.05) is 43.2 Å². The predicted octanol–water partition coefficient (Wildman–Crippen LogP) is 3.43. The van der Waals surface area contributed by atoms with Crippen LogP contribution in [0.3, 0.4) is 0 Å². The molecule has 0 spiro atoms. The fourth-order valence-corrected chi connectivity index (χ4v) is 5.05. The molecule has 1 fully saturated rings. The highest BCUT2D eigenvalue weighted by Gasteiger charge is 2.30. The summed E-state index contributed by atoms with van der Waals surface area (Å²) in [6.45, 7) is 3.79. The Hall–Kier alpha value is -2.05. The molecule has 0 N–H and O–H groups in total. The molecule has 6 heteroatoms. The molecule has 0 aliphatic carbocycles. The molecule has 27 heavy (non-hydrogen) atoms. The topological polar surface area (TPSA) is 42.0 Å². The number of nitrogens with zero attached hydrogens (tertiary/aromatic N) is 2. The van der Waals surface area contributed by atoms with Gasteiger partial charge in [-0.2, -0.15) is 0 Å². The Bertz CT molecular complexity index is 812. The second kappa shape index (κ2) is 7.90. The number of thiophene rings is 1. The van der Waals surface area contributed by atoms with Crippen LogP contribution in [0, 0.1) is 0 Å². The Morgan fingerprint density at radius 1 is 1.11 bits per heavy atom. The lowest BCUT2D eigenvalue weighted by Gasteiger charge is -2.40. The molecule has 0 radical (unpaired) electrons. The van der Waals surface area contributed by atoms with Crippen LogP contribution in [-0.2, 0) is 13.0 Å². The van der Waals surface area contributed by atoms with Crippen molar-refractivity contribution in [2.24, 2.45) is 0 Å². The third-order valence-corrected chi connectivity index (χ3v) is 6.77. The number of hydrogen-bond donors (Lipinski definition) is 0. The third kappa shape index (κ3) is 3.69. The molecular weight excluding hydrogens is 360 g/mol. The van der Waals surface area contributed by atoms with Crippen molar-refractivity contribution in [2.45, 2.75) is 31.8 Å². The maximum atomic E-state index is 13.0. The van der Waals surface area contributed by atoms with E-state index in [1.54, 1.807) is 31.2 Å². The van der Waals surface area contributed by atoms with E-state index in [9.17, 15) is 4.79 Å². The van der Waals surface area contributed by atoms with Crippen molar-refractivity contribution in [2.75, 3.05) is 33.9 Å². The molecule has 2 aromatic rings. The van der Waals surface area contributed by atoms with Gasteiger partial charge in [-0.1, -0.05) is 0 Å². The number of hydrogen-bond acceptors (Lipinski definition) is 5. The first-order valence-electron chi connectivity index (χ1n) is 9.50. The summed E-state index contributed by atoms with van der Waals surface area (Å²) >= 11 is 1.88. The zero-order chi connectivity index (χ0) is 18.8. The van der Waals surface area contributed by atoms with E-state index in [0.29, 0.717) is 23.1 Å². The lowest BCUT2D eigenvalue weighted by molar-refractivity contribution is 0.0597. The highest BCUT2D eigenvalue weighted by atomic mass is 32.1. The molecule has 1 aromatic heterocycles. The number of carbonyl (C=O) groups excluding carboxylic acids is 1. The molecule has 5 nitrogen and oxygen atoms in total. The summed E-state index contributed by atoms with van der Waals surface area (Å²) in [4.78, 5) is 19.1. The molecule has 0 saturated carbocycles. The first-order valence-corrected chi connectivity index (χ1v) is 10.4. The van der Waals surface area contributed by atoms with E-state index >= 15 is 0 Å². The predicted molar refractivity (Wildman–Crippen MR) is 107 cm³/mol. The maximum absolute atomic E-state index is 13.0. The third-order valence-electron chi connectivity index (χ3n) is 5.74.